The summed E-state index contributed by atoms with van der Waals surface area (Å²) in [6, 6.07) is 4.65. The molecule has 6 rings (SSSR count). The summed E-state index contributed by atoms with van der Waals surface area (Å²) in [7, 11) is 1.49. The molecule has 0 aliphatic carbocycles. The van der Waals surface area contributed by atoms with Crippen LogP contribution in [0.15, 0.2) is 52.7 Å². The normalized spacial score (nSPS) is 22.2. The first-order valence-electron chi connectivity index (χ1n) is 13.0. The number of benzene rings is 2. The van der Waals surface area contributed by atoms with Crippen molar-refractivity contribution in [1.29, 1.82) is 0 Å². The van der Waals surface area contributed by atoms with Crippen LogP contribution >= 0.6 is 11.8 Å². The topological polar surface area (TPSA) is 76.9 Å². The van der Waals surface area contributed by atoms with Crippen molar-refractivity contribution in [1.82, 2.24) is 14.5 Å². The summed E-state index contributed by atoms with van der Waals surface area (Å²) in [4.78, 5) is 34.3. The van der Waals surface area contributed by atoms with Gasteiger partial charge < -0.3 is 19.3 Å². The first-order chi connectivity index (χ1) is 19.6. The molecule has 3 aliphatic heterocycles. The number of amides is 1. The van der Waals surface area contributed by atoms with Crippen LogP contribution in [0.4, 0.5) is 23.4 Å². The van der Waals surface area contributed by atoms with E-state index in [1.165, 1.54) is 41.6 Å². The number of methoxy groups -OCH3 is 1. The van der Waals surface area contributed by atoms with Crippen LogP contribution in [0.5, 0.6) is 0 Å². The zero-order valence-corrected chi connectivity index (χ0v) is 22.8. The standard InChI is InChI=1S/C28H26F4N4O4S/c1-3-22(37)35-17-9-34(10-18(35)13-40-12-17)26-20-8-21(28(30,31)32)23(15-4-6-16(29)7-5-15)25-24(20)36(27(38)33-26)19(11-39-2)14-41-25/h3-8,17-19H,1,9-14H2,2H3/t17?,18?,19-/m0/s1. The zero-order valence-electron chi connectivity index (χ0n) is 22.0. The number of carbonyl (C=O) groups excluding carboxylic acids is 1. The minimum Gasteiger partial charge on any atom is -0.383 e. The Labute approximate surface area is 236 Å². The molecule has 3 atom stereocenters. The number of hydrogen-bond acceptors (Lipinski definition) is 7. The summed E-state index contributed by atoms with van der Waals surface area (Å²) >= 11 is 1.21. The molecule has 41 heavy (non-hydrogen) atoms. The van der Waals surface area contributed by atoms with Crippen molar-refractivity contribution in [3.05, 3.63) is 64.9 Å². The molecule has 3 aromatic rings. The first kappa shape index (κ1) is 27.7. The summed E-state index contributed by atoms with van der Waals surface area (Å²) < 4.78 is 70.3. The predicted molar refractivity (Wildman–Crippen MR) is 146 cm³/mol. The van der Waals surface area contributed by atoms with Crippen LogP contribution in [0.3, 0.4) is 0 Å². The summed E-state index contributed by atoms with van der Waals surface area (Å²) in [5.74, 6) is -0.414. The van der Waals surface area contributed by atoms with Crippen molar-refractivity contribution in [3.63, 3.8) is 0 Å². The fraction of sp³-hybridized carbons (Fsp3) is 0.393. The van der Waals surface area contributed by atoms with Gasteiger partial charge in [-0.05, 0) is 29.8 Å². The van der Waals surface area contributed by atoms with Gasteiger partial charge in [-0.1, -0.05) is 18.7 Å². The number of rotatable bonds is 5. The number of anilines is 1. The molecule has 1 aromatic heterocycles. The molecule has 0 saturated carbocycles. The third-order valence-corrected chi connectivity index (χ3v) is 8.96. The van der Waals surface area contributed by atoms with Crippen LogP contribution in [0, 0.1) is 5.82 Å². The maximum atomic E-state index is 14.7. The maximum Gasteiger partial charge on any atom is 0.417 e. The van der Waals surface area contributed by atoms with Gasteiger partial charge in [-0.15, -0.1) is 11.8 Å². The number of ether oxygens (including phenoxy) is 2. The van der Waals surface area contributed by atoms with E-state index in [1.807, 2.05) is 0 Å². The van der Waals surface area contributed by atoms with Crippen LogP contribution < -0.4 is 10.6 Å². The maximum absolute atomic E-state index is 14.7. The molecular formula is C28H26F4N4O4S. The molecule has 2 saturated heterocycles. The highest BCUT2D eigenvalue weighted by Gasteiger charge is 2.43. The van der Waals surface area contributed by atoms with Crippen LogP contribution in [-0.2, 0) is 20.4 Å². The van der Waals surface area contributed by atoms with E-state index in [4.69, 9.17) is 9.47 Å². The number of alkyl halides is 3. The van der Waals surface area contributed by atoms with E-state index in [-0.39, 0.29) is 71.8 Å². The second-order valence-electron chi connectivity index (χ2n) is 10.2. The highest BCUT2D eigenvalue weighted by atomic mass is 32.2. The molecule has 216 valence electrons. The van der Waals surface area contributed by atoms with Gasteiger partial charge >= 0.3 is 11.9 Å². The second kappa shape index (κ2) is 10.4. The Morgan fingerprint density at radius 2 is 1.90 bits per heavy atom. The fourth-order valence-electron chi connectivity index (χ4n) is 6.08. The Morgan fingerprint density at radius 3 is 2.51 bits per heavy atom. The molecule has 4 heterocycles. The van der Waals surface area contributed by atoms with E-state index in [0.717, 1.165) is 18.2 Å². The van der Waals surface area contributed by atoms with E-state index in [9.17, 15) is 27.2 Å². The molecule has 2 unspecified atom stereocenters. The molecular weight excluding hydrogens is 564 g/mol. The molecule has 8 nitrogen and oxygen atoms in total. The number of piperazine rings is 1. The Bertz CT molecular complexity index is 1580. The number of thioether (sulfide) groups is 1. The highest BCUT2D eigenvalue weighted by molar-refractivity contribution is 7.99. The third kappa shape index (κ3) is 4.69. The number of morpholine rings is 1. The zero-order chi connectivity index (χ0) is 29.1. The number of halogens is 4. The largest absolute Gasteiger partial charge is 0.417 e. The molecule has 13 heteroatoms. The minimum atomic E-state index is -4.75. The number of nitrogens with zero attached hydrogens (tertiary/aromatic N) is 4. The van der Waals surface area contributed by atoms with Gasteiger partial charge in [-0.25, -0.2) is 9.18 Å². The molecule has 2 bridgehead atoms. The second-order valence-corrected chi connectivity index (χ2v) is 11.3. The van der Waals surface area contributed by atoms with E-state index >= 15 is 0 Å². The van der Waals surface area contributed by atoms with Crippen molar-refractivity contribution in [2.75, 3.05) is 50.7 Å². The molecule has 2 aromatic carbocycles. The van der Waals surface area contributed by atoms with Gasteiger partial charge in [0.25, 0.3) is 0 Å². The Balaban J connectivity index is 1.61. The van der Waals surface area contributed by atoms with Crippen LogP contribution in [0.1, 0.15) is 11.6 Å². The monoisotopic (exact) mass is 590 g/mol. The van der Waals surface area contributed by atoms with Gasteiger partial charge in [0.2, 0.25) is 5.91 Å². The number of hydrogen-bond donors (Lipinski definition) is 0. The lowest BCUT2D eigenvalue weighted by Crippen LogP contribution is -2.66. The third-order valence-electron chi connectivity index (χ3n) is 7.73. The SMILES string of the molecule is C=CC(=O)N1C2COCC1CN(c1nc(=O)n3c4c(c(-c5ccc(F)cc5)c(C(F)(F)F)cc14)SC[C@@H]3COC)C2. The lowest BCUT2D eigenvalue weighted by atomic mass is 9.95. The first-order valence-corrected chi connectivity index (χ1v) is 14.0. The summed E-state index contributed by atoms with van der Waals surface area (Å²) in [5, 5.41) is 0.175. The van der Waals surface area contributed by atoms with Crippen LogP contribution in [-0.4, -0.2) is 78.2 Å². The average molecular weight is 591 g/mol. The highest BCUT2D eigenvalue weighted by Crippen LogP contribution is 2.50. The Kier molecular flexibility index (Phi) is 7.07. The van der Waals surface area contributed by atoms with Gasteiger partial charge in [-0.3, -0.25) is 9.36 Å². The van der Waals surface area contributed by atoms with Crippen molar-refractivity contribution >= 4 is 34.4 Å². The summed E-state index contributed by atoms with van der Waals surface area (Å²) in [5.41, 5.74) is -1.10. The lowest BCUT2D eigenvalue weighted by Gasteiger charge is -2.49. The van der Waals surface area contributed by atoms with Gasteiger partial charge in [0.1, 0.15) is 11.6 Å². The van der Waals surface area contributed by atoms with Gasteiger partial charge in [-0.2, -0.15) is 18.2 Å². The smallest absolute Gasteiger partial charge is 0.383 e. The van der Waals surface area contributed by atoms with E-state index in [0.29, 0.717) is 5.52 Å². The predicted octanol–water partition coefficient (Wildman–Crippen LogP) is 4.12. The van der Waals surface area contributed by atoms with E-state index < -0.39 is 41.4 Å². The Morgan fingerprint density at radius 1 is 1.22 bits per heavy atom. The number of carbonyl (C=O) groups is 1. The number of fused-ring (bicyclic) bond motifs is 2. The van der Waals surface area contributed by atoms with Gasteiger partial charge in [0.05, 0.1) is 49.0 Å². The average Bonchev–Trinajstić information content (AvgIpc) is 2.94. The van der Waals surface area contributed by atoms with E-state index in [2.05, 4.69) is 11.6 Å². The molecule has 1 amide bonds. The Hall–Kier alpha value is -3.42. The molecule has 2 fully saturated rings. The van der Waals surface area contributed by atoms with Crippen molar-refractivity contribution in [3.8, 4) is 11.1 Å². The van der Waals surface area contributed by atoms with Crippen molar-refractivity contribution < 1.29 is 31.8 Å². The summed E-state index contributed by atoms with van der Waals surface area (Å²) in [6.45, 7) is 4.65. The minimum absolute atomic E-state index is 0.108. The van der Waals surface area contributed by atoms with Crippen molar-refractivity contribution in [2.24, 2.45) is 0 Å². The van der Waals surface area contributed by atoms with Crippen LogP contribution in [0.2, 0.25) is 0 Å². The fourth-order valence-corrected chi connectivity index (χ4v) is 7.40. The van der Waals surface area contributed by atoms with Crippen molar-refractivity contribution in [2.45, 2.75) is 29.2 Å². The van der Waals surface area contributed by atoms with Crippen LogP contribution in [0.25, 0.3) is 22.0 Å². The molecule has 0 radical (unpaired) electrons. The molecule has 0 spiro atoms. The molecule has 0 N–H and O–H groups in total. The summed E-state index contributed by atoms with van der Waals surface area (Å²) in [6.07, 6.45) is -3.52. The quantitative estimate of drug-likeness (QED) is 0.327. The van der Waals surface area contributed by atoms with Gasteiger partial charge in [0.15, 0.2) is 0 Å². The van der Waals surface area contributed by atoms with Gasteiger partial charge in [0, 0.05) is 41.8 Å². The number of aromatic nitrogens is 2. The lowest BCUT2D eigenvalue weighted by molar-refractivity contribution is -0.142. The molecule has 3 aliphatic rings. The van der Waals surface area contributed by atoms with E-state index in [1.54, 1.807) is 9.80 Å².